The van der Waals surface area contributed by atoms with Crippen LogP contribution in [0.25, 0.3) is 0 Å². The third-order valence-electron chi connectivity index (χ3n) is 7.36. The van der Waals surface area contributed by atoms with Gasteiger partial charge in [0.1, 0.15) is 11.4 Å². The molecule has 2 aliphatic rings. The molecule has 192 valence electrons. The maximum atomic E-state index is 13.1. The lowest BCUT2D eigenvalue weighted by Gasteiger charge is -2.47. The predicted octanol–water partition coefficient (Wildman–Crippen LogP) is 4.84. The van der Waals surface area contributed by atoms with E-state index in [4.69, 9.17) is 9.29 Å². The molecule has 7 nitrogen and oxygen atoms in total. The topological polar surface area (TPSA) is 107 Å². The van der Waals surface area contributed by atoms with Crippen molar-refractivity contribution in [2.45, 2.75) is 103 Å². The van der Waals surface area contributed by atoms with Crippen molar-refractivity contribution in [2.24, 2.45) is 17.3 Å². The van der Waals surface area contributed by atoms with Crippen molar-refractivity contribution in [1.82, 2.24) is 0 Å². The normalized spacial score (nSPS) is 27.0. The van der Waals surface area contributed by atoms with Crippen LogP contribution < -0.4 is 0 Å². The number of hydrogen-bond donors (Lipinski definition) is 1. The van der Waals surface area contributed by atoms with Crippen LogP contribution in [0.3, 0.4) is 0 Å². The number of rotatable bonds is 10. The summed E-state index contributed by atoms with van der Waals surface area (Å²) in [6.07, 6.45) is -2.32. The van der Waals surface area contributed by atoms with Crippen LogP contribution in [0.4, 0.5) is 13.2 Å². The van der Waals surface area contributed by atoms with Gasteiger partial charge in [0.2, 0.25) is 6.10 Å². The van der Waals surface area contributed by atoms with E-state index in [2.05, 4.69) is 4.74 Å². The molecule has 3 atom stereocenters. The first-order valence-corrected chi connectivity index (χ1v) is 13.2. The molecule has 0 aliphatic heterocycles. The molecule has 33 heavy (non-hydrogen) atoms. The molecule has 0 aromatic carbocycles. The Hall–Kier alpha value is -1.36. The lowest BCUT2D eigenvalue weighted by Crippen LogP contribution is -2.47. The van der Waals surface area contributed by atoms with Crippen molar-refractivity contribution in [2.75, 3.05) is 5.75 Å². The number of ether oxygens (including phenoxy) is 2. The lowest BCUT2D eigenvalue weighted by atomic mass is 9.64. The van der Waals surface area contributed by atoms with E-state index in [0.717, 1.165) is 25.7 Å². The van der Waals surface area contributed by atoms with Gasteiger partial charge in [0, 0.05) is 6.42 Å². The van der Waals surface area contributed by atoms with Crippen LogP contribution in [0.2, 0.25) is 0 Å². The second kappa shape index (κ2) is 10.5. The average molecular weight is 501 g/mol. The summed E-state index contributed by atoms with van der Waals surface area (Å²) in [6, 6.07) is 0. The highest BCUT2D eigenvalue weighted by molar-refractivity contribution is 7.85. The van der Waals surface area contributed by atoms with Crippen LogP contribution in [0.15, 0.2) is 0 Å². The van der Waals surface area contributed by atoms with Gasteiger partial charge in [-0.3, -0.25) is 14.1 Å². The van der Waals surface area contributed by atoms with Gasteiger partial charge in [-0.05, 0) is 57.3 Å². The SMILES string of the molecule is CCC(C)(CC)C(=O)OC1(CCC(=O)OC(CS(=O)(=O)O)C(F)(F)F)CC2CCCC(C2)C1. The minimum Gasteiger partial charge on any atom is -0.459 e. The van der Waals surface area contributed by atoms with Crippen LogP contribution >= 0.6 is 0 Å². The monoisotopic (exact) mass is 500 g/mol. The first kappa shape index (κ1) is 27.9. The predicted molar refractivity (Wildman–Crippen MR) is 114 cm³/mol. The van der Waals surface area contributed by atoms with Crippen molar-refractivity contribution in [3.05, 3.63) is 0 Å². The summed E-state index contributed by atoms with van der Waals surface area (Å²) in [6.45, 7) is 5.58. The molecule has 11 heteroatoms. The molecule has 3 unspecified atom stereocenters. The number of carbonyl (C=O) groups excluding carboxylic acids is 2. The molecule has 2 fully saturated rings. The van der Waals surface area contributed by atoms with E-state index in [-0.39, 0.29) is 12.4 Å². The Morgan fingerprint density at radius 1 is 1.12 bits per heavy atom. The van der Waals surface area contributed by atoms with Gasteiger partial charge >= 0.3 is 18.1 Å². The molecule has 0 saturated heterocycles. The van der Waals surface area contributed by atoms with Crippen molar-refractivity contribution in [3.63, 3.8) is 0 Å². The molecule has 0 spiro atoms. The number of halogens is 3. The maximum Gasteiger partial charge on any atom is 0.426 e. The average Bonchev–Trinajstić information content (AvgIpc) is 2.69. The quantitative estimate of drug-likeness (QED) is 0.338. The first-order chi connectivity index (χ1) is 15.1. The molecular formula is C22H35F3O7S. The summed E-state index contributed by atoms with van der Waals surface area (Å²) in [7, 11) is -5.01. The Labute approximate surface area is 193 Å². The molecule has 2 aliphatic carbocycles. The second-order valence-corrected chi connectivity index (χ2v) is 11.4. The first-order valence-electron chi connectivity index (χ1n) is 11.6. The summed E-state index contributed by atoms with van der Waals surface area (Å²) < 4.78 is 80.4. The molecule has 0 heterocycles. The molecule has 0 amide bonds. The summed E-state index contributed by atoms with van der Waals surface area (Å²) in [4.78, 5) is 25.3. The number of fused-ring (bicyclic) bond motifs is 2. The van der Waals surface area contributed by atoms with Crippen LogP contribution in [0.5, 0.6) is 0 Å². The number of esters is 2. The van der Waals surface area contributed by atoms with Crippen LogP contribution in [-0.2, 0) is 29.2 Å². The van der Waals surface area contributed by atoms with Crippen molar-refractivity contribution in [3.8, 4) is 0 Å². The van der Waals surface area contributed by atoms with Crippen LogP contribution in [0, 0.1) is 17.3 Å². The van der Waals surface area contributed by atoms with Gasteiger partial charge in [0.15, 0.2) is 0 Å². The Balaban J connectivity index is 2.16. The van der Waals surface area contributed by atoms with E-state index < -0.39 is 51.6 Å². The van der Waals surface area contributed by atoms with Crippen molar-refractivity contribution in [1.29, 1.82) is 0 Å². The molecule has 0 aromatic rings. The van der Waals surface area contributed by atoms with E-state index in [1.165, 1.54) is 0 Å². The van der Waals surface area contributed by atoms with E-state index in [1.54, 1.807) is 0 Å². The Kier molecular flexibility index (Phi) is 8.87. The van der Waals surface area contributed by atoms with Gasteiger partial charge in [0.25, 0.3) is 10.1 Å². The number of hydrogen-bond acceptors (Lipinski definition) is 6. The molecule has 2 rings (SSSR count). The van der Waals surface area contributed by atoms with E-state index in [1.807, 2.05) is 20.8 Å². The smallest absolute Gasteiger partial charge is 0.426 e. The third kappa shape index (κ3) is 7.83. The number of carbonyl (C=O) groups is 2. The van der Waals surface area contributed by atoms with Crippen molar-refractivity contribution < 1.29 is 45.2 Å². The lowest BCUT2D eigenvalue weighted by molar-refractivity contribution is -0.216. The minimum absolute atomic E-state index is 0.00450. The fourth-order valence-corrected chi connectivity index (χ4v) is 5.68. The Morgan fingerprint density at radius 3 is 2.12 bits per heavy atom. The largest absolute Gasteiger partial charge is 0.459 e. The zero-order chi connectivity index (χ0) is 25.1. The number of alkyl halides is 3. The molecule has 1 N–H and O–H groups in total. The maximum absolute atomic E-state index is 13.1. The van der Waals surface area contributed by atoms with Crippen LogP contribution in [-0.4, -0.2) is 48.5 Å². The molecular weight excluding hydrogens is 465 g/mol. The van der Waals surface area contributed by atoms with Crippen molar-refractivity contribution >= 4 is 22.1 Å². The van der Waals surface area contributed by atoms with Gasteiger partial charge in [-0.1, -0.05) is 33.1 Å². The summed E-state index contributed by atoms with van der Waals surface area (Å²) in [5, 5.41) is 0. The zero-order valence-electron chi connectivity index (χ0n) is 19.4. The van der Waals surface area contributed by atoms with Gasteiger partial charge in [-0.15, -0.1) is 0 Å². The van der Waals surface area contributed by atoms with Gasteiger partial charge in [-0.25, -0.2) is 0 Å². The van der Waals surface area contributed by atoms with E-state index in [0.29, 0.717) is 37.5 Å². The zero-order valence-corrected chi connectivity index (χ0v) is 20.3. The van der Waals surface area contributed by atoms with E-state index in [9.17, 15) is 31.2 Å². The third-order valence-corrected chi connectivity index (χ3v) is 8.08. The highest BCUT2D eigenvalue weighted by Crippen LogP contribution is 2.49. The standard InChI is InChI=1S/C22H35F3O7S/c1-4-20(3,5-2)19(27)32-21(12-15-7-6-8-16(11-15)13-21)10-9-18(26)31-17(22(23,24)25)14-33(28,29)30/h15-17H,4-14H2,1-3H3,(H,28,29,30). The fourth-order valence-electron chi connectivity index (χ4n) is 5.04. The van der Waals surface area contributed by atoms with E-state index >= 15 is 0 Å². The fraction of sp³-hybridized carbons (Fsp3) is 0.909. The van der Waals surface area contributed by atoms with Crippen LogP contribution in [0.1, 0.15) is 85.0 Å². The van der Waals surface area contributed by atoms with Gasteiger partial charge < -0.3 is 9.47 Å². The molecule has 0 aromatic heterocycles. The molecule has 2 saturated carbocycles. The molecule has 2 bridgehead atoms. The summed E-state index contributed by atoms with van der Waals surface area (Å²) in [5.41, 5.74) is -1.66. The highest BCUT2D eigenvalue weighted by Gasteiger charge is 2.48. The Bertz CT molecular complexity index is 793. The summed E-state index contributed by atoms with van der Waals surface area (Å²) >= 11 is 0. The summed E-state index contributed by atoms with van der Waals surface area (Å²) in [5.74, 6) is -2.75. The highest BCUT2D eigenvalue weighted by atomic mass is 32.2. The second-order valence-electron chi connectivity index (χ2n) is 9.92. The minimum atomic E-state index is -5.15. The van der Waals surface area contributed by atoms with Gasteiger partial charge in [-0.2, -0.15) is 21.6 Å². The molecule has 0 radical (unpaired) electrons. The Morgan fingerprint density at radius 2 is 1.67 bits per heavy atom. The van der Waals surface area contributed by atoms with Gasteiger partial charge in [0.05, 0.1) is 5.41 Å².